The van der Waals surface area contributed by atoms with Gasteiger partial charge in [0.1, 0.15) is 0 Å². The Labute approximate surface area is 82.3 Å². The topological polar surface area (TPSA) is 34.1 Å². The van der Waals surface area contributed by atoms with Crippen molar-refractivity contribution < 1.29 is 8.42 Å². The second-order valence-corrected chi connectivity index (χ2v) is 5.34. The molecule has 0 aliphatic carbocycles. The second kappa shape index (κ2) is 4.44. The zero-order chi connectivity index (χ0) is 9.73. The van der Waals surface area contributed by atoms with E-state index in [1.807, 2.05) is 30.3 Å². The summed E-state index contributed by atoms with van der Waals surface area (Å²) in [5.74, 6) is -0.135. The molecule has 1 rings (SSSR count). The molecule has 0 saturated carbocycles. The standard InChI is InChI=1S/C9H9ClO2S/c10-13(11,12)8-4-7-9-5-2-1-3-6-9/h1-7H,8H2/b7-4+. The van der Waals surface area contributed by atoms with Gasteiger partial charge in [0.05, 0.1) is 5.75 Å². The Kier molecular flexibility index (Phi) is 3.51. The lowest BCUT2D eigenvalue weighted by atomic mass is 10.2. The molecular formula is C9H9ClO2S. The van der Waals surface area contributed by atoms with E-state index in [4.69, 9.17) is 10.7 Å². The molecule has 0 spiro atoms. The fourth-order valence-electron chi connectivity index (χ4n) is 0.863. The molecule has 0 unspecified atom stereocenters. The highest BCUT2D eigenvalue weighted by Crippen LogP contribution is 2.03. The van der Waals surface area contributed by atoms with Gasteiger partial charge in [-0.1, -0.05) is 42.5 Å². The molecule has 0 N–H and O–H groups in total. The van der Waals surface area contributed by atoms with Gasteiger partial charge in [-0.3, -0.25) is 0 Å². The van der Waals surface area contributed by atoms with E-state index in [0.29, 0.717) is 0 Å². The molecule has 4 heteroatoms. The van der Waals surface area contributed by atoms with Crippen molar-refractivity contribution in [1.29, 1.82) is 0 Å². The molecule has 1 aromatic rings. The minimum Gasteiger partial charge on any atom is -0.212 e. The molecule has 0 aromatic heterocycles. The molecule has 70 valence electrons. The number of hydrogen-bond donors (Lipinski definition) is 0. The molecule has 0 fully saturated rings. The van der Waals surface area contributed by atoms with Crippen molar-refractivity contribution in [3.05, 3.63) is 42.0 Å². The highest BCUT2D eigenvalue weighted by Gasteiger charge is 1.99. The average Bonchev–Trinajstić information content (AvgIpc) is 2.04. The first-order valence-corrected chi connectivity index (χ1v) is 6.20. The van der Waals surface area contributed by atoms with Gasteiger partial charge >= 0.3 is 0 Å². The molecule has 0 bridgehead atoms. The van der Waals surface area contributed by atoms with E-state index in [0.717, 1.165) is 5.56 Å². The fourth-order valence-corrected chi connectivity index (χ4v) is 1.41. The Morgan fingerprint density at radius 1 is 1.23 bits per heavy atom. The Morgan fingerprint density at radius 3 is 2.38 bits per heavy atom. The van der Waals surface area contributed by atoms with E-state index < -0.39 is 9.05 Å². The van der Waals surface area contributed by atoms with Crippen LogP contribution in [0.4, 0.5) is 0 Å². The van der Waals surface area contributed by atoms with E-state index >= 15 is 0 Å². The van der Waals surface area contributed by atoms with Gasteiger partial charge < -0.3 is 0 Å². The third-order valence-electron chi connectivity index (χ3n) is 1.41. The van der Waals surface area contributed by atoms with Crippen LogP contribution in [0.2, 0.25) is 0 Å². The van der Waals surface area contributed by atoms with Crippen LogP contribution in [0.1, 0.15) is 5.56 Å². The Morgan fingerprint density at radius 2 is 1.85 bits per heavy atom. The van der Waals surface area contributed by atoms with Crippen LogP contribution in [-0.2, 0) is 9.05 Å². The van der Waals surface area contributed by atoms with Crippen LogP contribution in [0.25, 0.3) is 6.08 Å². The zero-order valence-electron chi connectivity index (χ0n) is 6.85. The van der Waals surface area contributed by atoms with Crippen molar-refractivity contribution >= 4 is 25.8 Å². The lowest BCUT2D eigenvalue weighted by molar-refractivity contribution is 0.612. The quantitative estimate of drug-likeness (QED) is 0.727. The predicted molar refractivity (Wildman–Crippen MR) is 55.1 cm³/mol. The molecular weight excluding hydrogens is 208 g/mol. The summed E-state index contributed by atoms with van der Waals surface area (Å²) in [4.78, 5) is 0. The van der Waals surface area contributed by atoms with Crippen molar-refractivity contribution in [2.24, 2.45) is 0 Å². The number of halogens is 1. The minimum absolute atomic E-state index is 0.135. The van der Waals surface area contributed by atoms with Crippen LogP contribution in [0.3, 0.4) is 0 Å². The summed E-state index contributed by atoms with van der Waals surface area (Å²) in [5, 5.41) is 0. The summed E-state index contributed by atoms with van der Waals surface area (Å²) in [6.45, 7) is 0. The summed E-state index contributed by atoms with van der Waals surface area (Å²) in [5.41, 5.74) is 0.961. The van der Waals surface area contributed by atoms with Crippen LogP contribution in [0.15, 0.2) is 36.4 Å². The molecule has 0 amide bonds. The van der Waals surface area contributed by atoms with Crippen LogP contribution >= 0.6 is 10.7 Å². The zero-order valence-corrected chi connectivity index (χ0v) is 8.42. The average molecular weight is 217 g/mol. The van der Waals surface area contributed by atoms with Gasteiger partial charge in [0.2, 0.25) is 9.05 Å². The maximum Gasteiger partial charge on any atom is 0.236 e. The summed E-state index contributed by atoms with van der Waals surface area (Å²) >= 11 is 0. The van der Waals surface area contributed by atoms with Crippen molar-refractivity contribution in [3.8, 4) is 0 Å². The summed E-state index contributed by atoms with van der Waals surface area (Å²) in [7, 11) is 1.61. The molecule has 0 heterocycles. The largest absolute Gasteiger partial charge is 0.236 e. The van der Waals surface area contributed by atoms with E-state index in [2.05, 4.69) is 0 Å². The van der Waals surface area contributed by atoms with Crippen LogP contribution in [0.5, 0.6) is 0 Å². The maximum absolute atomic E-state index is 10.5. The smallest absolute Gasteiger partial charge is 0.212 e. The second-order valence-electron chi connectivity index (χ2n) is 2.52. The number of hydrogen-bond acceptors (Lipinski definition) is 2. The van der Waals surface area contributed by atoms with Gasteiger partial charge in [-0.2, -0.15) is 0 Å². The SMILES string of the molecule is O=S(=O)(Cl)C/C=C/c1ccccc1. The predicted octanol–water partition coefficient (Wildman–Crippen LogP) is 2.27. The van der Waals surface area contributed by atoms with Crippen LogP contribution in [0, 0.1) is 0 Å². The van der Waals surface area contributed by atoms with Crippen LogP contribution < -0.4 is 0 Å². The van der Waals surface area contributed by atoms with Crippen molar-refractivity contribution in [2.75, 3.05) is 5.75 Å². The van der Waals surface area contributed by atoms with E-state index in [9.17, 15) is 8.42 Å². The van der Waals surface area contributed by atoms with E-state index in [1.54, 1.807) is 6.08 Å². The normalized spacial score (nSPS) is 12.1. The highest BCUT2D eigenvalue weighted by molar-refractivity contribution is 8.13. The number of rotatable bonds is 3. The first-order chi connectivity index (χ1) is 6.08. The van der Waals surface area contributed by atoms with Gasteiger partial charge in [0.25, 0.3) is 0 Å². The highest BCUT2D eigenvalue weighted by atomic mass is 35.7. The lowest BCUT2D eigenvalue weighted by Gasteiger charge is -1.90. The molecule has 0 aliphatic heterocycles. The van der Waals surface area contributed by atoms with Gasteiger partial charge in [-0.25, -0.2) is 8.42 Å². The van der Waals surface area contributed by atoms with Crippen molar-refractivity contribution in [2.45, 2.75) is 0 Å². The monoisotopic (exact) mass is 216 g/mol. The van der Waals surface area contributed by atoms with E-state index in [-0.39, 0.29) is 5.75 Å². The first-order valence-electron chi connectivity index (χ1n) is 3.72. The van der Waals surface area contributed by atoms with Gasteiger partial charge in [-0.15, -0.1) is 0 Å². The molecule has 13 heavy (non-hydrogen) atoms. The first kappa shape index (κ1) is 10.3. The molecule has 2 nitrogen and oxygen atoms in total. The molecule has 0 aliphatic rings. The number of benzene rings is 1. The summed E-state index contributed by atoms with van der Waals surface area (Å²) in [6, 6.07) is 9.44. The summed E-state index contributed by atoms with van der Waals surface area (Å²) < 4.78 is 21.1. The molecule has 1 aromatic carbocycles. The Bertz CT molecular complexity index is 381. The lowest BCUT2D eigenvalue weighted by Crippen LogP contribution is -1.91. The molecule has 0 saturated heterocycles. The van der Waals surface area contributed by atoms with Crippen LogP contribution in [-0.4, -0.2) is 14.2 Å². The maximum atomic E-state index is 10.5. The minimum atomic E-state index is -3.41. The van der Waals surface area contributed by atoms with Gasteiger partial charge in [0.15, 0.2) is 0 Å². The van der Waals surface area contributed by atoms with Crippen molar-refractivity contribution in [1.82, 2.24) is 0 Å². The van der Waals surface area contributed by atoms with Crippen molar-refractivity contribution in [3.63, 3.8) is 0 Å². The van der Waals surface area contributed by atoms with Gasteiger partial charge in [-0.05, 0) is 5.56 Å². The third kappa shape index (κ3) is 4.70. The molecule has 0 atom stereocenters. The molecule has 0 radical (unpaired) electrons. The Hall–Kier alpha value is -0.800. The van der Waals surface area contributed by atoms with Gasteiger partial charge in [0, 0.05) is 10.7 Å². The third-order valence-corrected chi connectivity index (χ3v) is 2.37. The fraction of sp³-hybridized carbons (Fsp3) is 0.111. The Balaban J connectivity index is 2.61. The van der Waals surface area contributed by atoms with E-state index in [1.165, 1.54) is 6.08 Å². The summed E-state index contributed by atoms with van der Waals surface area (Å²) in [6.07, 6.45) is 3.25.